The Morgan fingerprint density at radius 3 is 1.44 bits per heavy atom. The van der Waals surface area contributed by atoms with Gasteiger partial charge in [0.2, 0.25) is 0 Å². The SMILES string of the molecule is C=C(C)C(=O)O.C=C(C)C(=O)OC.C=C(C)c1cccc2c1C(=O)c1ccccc1C2=O.CCCCC(C)(CCC[C@H](CCCC(CCC)C(=O)OC)c1cccc2c1C(=O)c1ccccc1C2=O)C(=O)O. The average Bonchev–Trinajstić information content (AvgIpc) is 3.37. The van der Waals surface area contributed by atoms with Crippen molar-refractivity contribution < 1.29 is 58.0 Å². The zero-order chi connectivity index (χ0) is 53.9. The van der Waals surface area contributed by atoms with Crippen LogP contribution in [0.3, 0.4) is 0 Å². The number of carboxylic acids is 2. The van der Waals surface area contributed by atoms with Crippen molar-refractivity contribution in [3.63, 3.8) is 0 Å². The highest BCUT2D eigenvalue weighted by Gasteiger charge is 2.36. The molecule has 6 rings (SSSR count). The molecule has 0 aliphatic heterocycles. The fourth-order valence-corrected chi connectivity index (χ4v) is 8.79. The van der Waals surface area contributed by atoms with Gasteiger partial charge in [-0.1, -0.05) is 156 Å². The molecule has 0 spiro atoms. The summed E-state index contributed by atoms with van der Waals surface area (Å²) < 4.78 is 9.29. The summed E-state index contributed by atoms with van der Waals surface area (Å²) in [6.45, 7) is 21.2. The van der Waals surface area contributed by atoms with Crippen molar-refractivity contribution in [3.8, 4) is 0 Å². The van der Waals surface area contributed by atoms with Crippen molar-refractivity contribution in [1.29, 1.82) is 0 Å². The molecular formula is C60H70O12. The second-order valence-corrected chi connectivity index (χ2v) is 18.5. The second kappa shape index (κ2) is 27.9. The van der Waals surface area contributed by atoms with Crippen molar-refractivity contribution in [3.05, 3.63) is 171 Å². The highest BCUT2D eigenvalue weighted by atomic mass is 16.5. The summed E-state index contributed by atoms with van der Waals surface area (Å²) in [5.41, 5.74) is 5.90. The standard InChI is InChI=1S/C34H44O6.C17H12O2.C5H8O2.C4H6O2/c1-5-7-21-34(3,33(38)39)22-12-16-23(14-10-15-24(13-6-2)32(37)40-4)25-19-11-20-28-29(25)31(36)27-18-9-8-17-26(27)30(28)35;1-10(2)11-8-5-9-14-15(11)17(19)13-7-4-3-6-12(13)16(14)18;1-4(2)5(6)7-3;1-3(2)4(5)6/h8-9,11,17-20,23-24H,5-7,10,12-16,21-22H2,1-4H3,(H,38,39);3-9H,1H2,2H3;1H2,2-3H3;1H2,2H3,(H,5,6)/t23-,24?,34?;;;/m0.../s1. The van der Waals surface area contributed by atoms with Crippen molar-refractivity contribution in [2.45, 2.75) is 118 Å². The lowest BCUT2D eigenvalue weighted by Gasteiger charge is -2.28. The minimum Gasteiger partial charge on any atom is -0.481 e. The molecule has 12 heteroatoms. The summed E-state index contributed by atoms with van der Waals surface area (Å²) in [7, 11) is 2.75. The molecule has 0 saturated carbocycles. The molecule has 3 atom stereocenters. The zero-order valence-corrected chi connectivity index (χ0v) is 43.1. The fourth-order valence-electron chi connectivity index (χ4n) is 8.79. The van der Waals surface area contributed by atoms with Gasteiger partial charge in [-0.25, -0.2) is 9.59 Å². The van der Waals surface area contributed by atoms with Gasteiger partial charge in [-0.2, -0.15) is 0 Å². The lowest BCUT2D eigenvalue weighted by Crippen LogP contribution is -2.28. The molecule has 0 fully saturated rings. The van der Waals surface area contributed by atoms with Crippen LogP contribution in [-0.4, -0.2) is 71.4 Å². The van der Waals surface area contributed by atoms with Crippen LogP contribution in [0.15, 0.2) is 116 Å². The summed E-state index contributed by atoms with van der Waals surface area (Å²) in [6, 6.07) is 24.8. The number of carbonyl (C=O) groups excluding carboxylic acids is 6. The molecule has 0 saturated heterocycles. The molecule has 0 amide bonds. The van der Waals surface area contributed by atoms with E-state index < -0.39 is 17.4 Å². The van der Waals surface area contributed by atoms with Gasteiger partial charge >= 0.3 is 23.9 Å². The fraction of sp³-hybridized carbons (Fsp3) is 0.367. The Morgan fingerprint density at radius 1 is 0.556 bits per heavy atom. The van der Waals surface area contributed by atoms with E-state index in [1.54, 1.807) is 73.7 Å². The number of ketones is 4. The molecule has 12 nitrogen and oxygen atoms in total. The second-order valence-electron chi connectivity index (χ2n) is 18.5. The summed E-state index contributed by atoms with van der Waals surface area (Å²) in [5, 5.41) is 17.9. The maximum Gasteiger partial charge on any atom is 0.332 e. The van der Waals surface area contributed by atoms with Crippen molar-refractivity contribution >= 4 is 52.6 Å². The summed E-state index contributed by atoms with van der Waals surface area (Å²) in [4.78, 5) is 96.4. The molecule has 0 heterocycles. The minimum atomic E-state index is -0.935. The predicted octanol–water partition coefficient (Wildman–Crippen LogP) is 12.6. The molecule has 4 aromatic carbocycles. The van der Waals surface area contributed by atoms with Gasteiger partial charge in [0.05, 0.1) is 25.6 Å². The van der Waals surface area contributed by atoms with Gasteiger partial charge < -0.3 is 19.7 Å². The van der Waals surface area contributed by atoms with E-state index >= 15 is 0 Å². The third-order valence-corrected chi connectivity index (χ3v) is 12.9. The van der Waals surface area contributed by atoms with Gasteiger partial charge in [-0.3, -0.25) is 28.8 Å². The molecule has 0 radical (unpaired) electrons. The molecule has 72 heavy (non-hydrogen) atoms. The molecular weight excluding hydrogens is 913 g/mol. The molecule has 382 valence electrons. The number of rotatable bonds is 19. The van der Waals surface area contributed by atoms with E-state index in [0.717, 1.165) is 55.2 Å². The van der Waals surface area contributed by atoms with Crippen LogP contribution in [0.4, 0.5) is 0 Å². The third-order valence-electron chi connectivity index (χ3n) is 12.9. The smallest absolute Gasteiger partial charge is 0.332 e. The zero-order valence-electron chi connectivity index (χ0n) is 43.1. The van der Waals surface area contributed by atoms with Crippen molar-refractivity contribution in [2.75, 3.05) is 14.2 Å². The van der Waals surface area contributed by atoms with Crippen molar-refractivity contribution in [1.82, 2.24) is 0 Å². The van der Waals surface area contributed by atoms with E-state index in [0.29, 0.717) is 82.2 Å². The number of hydrogen-bond acceptors (Lipinski definition) is 10. The van der Waals surface area contributed by atoms with Crippen LogP contribution in [0.1, 0.15) is 193 Å². The minimum absolute atomic E-state index is 0.0406. The van der Waals surface area contributed by atoms with E-state index in [-0.39, 0.29) is 52.5 Å². The van der Waals surface area contributed by atoms with Gasteiger partial charge in [0.1, 0.15) is 0 Å². The maximum atomic E-state index is 13.7. The quantitative estimate of drug-likeness (QED) is 0.0576. The number of ether oxygens (including phenoxy) is 2. The summed E-state index contributed by atoms with van der Waals surface area (Å²) >= 11 is 0. The Hall–Kier alpha value is -7.34. The van der Waals surface area contributed by atoms with E-state index in [9.17, 15) is 43.5 Å². The molecule has 2 aliphatic carbocycles. The summed E-state index contributed by atoms with van der Waals surface area (Å²) in [6.07, 6.45) is 8.20. The van der Waals surface area contributed by atoms with Gasteiger partial charge in [0.15, 0.2) is 23.1 Å². The molecule has 4 aromatic rings. The summed E-state index contributed by atoms with van der Waals surface area (Å²) in [5.74, 6) is -2.92. The Labute approximate surface area is 424 Å². The number of fused-ring (bicyclic) bond motifs is 4. The number of benzene rings is 4. The van der Waals surface area contributed by atoms with Crippen molar-refractivity contribution in [2.24, 2.45) is 11.3 Å². The topological polar surface area (TPSA) is 195 Å². The molecule has 2 unspecified atom stereocenters. The van der Waals surface area contributed by atoms with Crippen LogP contribution >= 0.6 is 0 Å². The van der Waals surface area contributed by atoms with Gasteiger partial charge in [-0.15, -0.1) is 0 Å². The highest BCUT2D eigenvalue weighted by molar-refractivity contribution is 6.30. The number of unbranched alkanes of at least 4 members (excludes halogenated alkanes) is 1. The molecule has 0 aromatic heterocycles. The first-order chi connectivity index (χ1) is 34.1. The number of esters is 2. The van der Waals surface area contributed by atoms with Gasteiger partial charge in [-0.05, 0) is 83.3 Å². The number of methoxy groups -OCH3 is 2. The van der Waals surface area contributed by atoms with Crippen LogP contribution in [0.5, 0.6) is 0 Å². The number of allylic oxidation sites excluding steroid dienone is 1. The third kappa shape index (κ3) is 15.1. The predicted molar refractivity (Wildman–Crippen MR) is 280 cm³/mol. The van der Waals surface area contributed by atoms with E-state index in [4.69, 9.17) is 9.84 Å². The van der Waals surface area contributed by atoms with E-state index in [2.05, 4.69) is 31.4 Å². The molecule has 2 N–H and O–H groups in total. The van der Waals surface area contributed by atoms with E-state index in [1.807, 2.05) is 39.0 Å². The Morgan fingerprint density at radius 2 is 1.01 bits per heavy atom. The van der Waals surface area contributed by atoms with Gasteiger partial charge in [0, 0.05) is 55.7 Å². The molecule has 2 aliphatic rings. The normalized spacial score (nSPS) is 13.4. The van der Waals surface area contributed by atoms with Crippen LogP contribution in [0, 0.1) is 11.3 Å². The lowest BCUT2D eigenvalue weighted by atomic mass is 9.75. The van der Waals surface area contributed by atoms with Crippen LogP contribution in [-0.2, 0) is 28.7 Å². The first-order valence-corrected chi connectivity index (χ1v) is 24.3. The molecule has 0 bridgehead atoms. The average molecular weight is 983 g/mol. The van der Waals surface area contributed by atoms with Crippen LogP contribution in [0.2, 0.25) is 0 Å². The lowest BCUT2D eigenvalue weighted by molar-refractivity contribution is -0.149. The number of hydrogen-bond donors (Lipinski definition) is 2. The Bertz CT molecular complexity index is 2690. The number of carbonyl (C=O) groups is 8. The first kappa shape index (κ1) is 59.0. The monoisotopic (exact) mass is 982 g/mol. The first-order valence-electron chi connectivity index (χ1n) is 24.3. The number of aliphatic carboxylic acids is 2. The largest absolute Gasteiger partial charge is 0.481 e. The number of carboxylic acid groups (broad SMARTS) is 2. The van der Waals surface area contributed by atoms with Gasteiger partial charge in [0.25, 0.3) is 0 Å². The van der Waals surface area contributed by atoms with E-state index in [1.165, 1.54) is 21.1 Å². The van der Waals surface area contributed by atoms with Crippen LogP contribution < -0.4 is 0 Å². The van der Waals surface area contributed by atoms with Crippen LogP contribution in [0.25, 0.3) is 5.57 Å². The highest BCUT2D eigenvalue weighted by Crippen LogP contribution is 2.39. The Balaban J connectivity index is 0.000000347. The Kier molecular flexibility index (Phi) is 22.8. The maximum absolute atomic E-state index is 13.7.